The summed E-state index contributed by atoms with van der Waals surface area (Å²) in [6, 6.07) is 2.24. The molecular weight excluding hydrogens is 396 g/mol. The van der Waals surface area contributed by atoms with E-state index in [2.05, 4.69) is 11.6 Å². The molecule has 2 rings (SSSR count). The highest BCUT2D eigenvalue weighted by Crippen LogP contribution is 2.31. The molecule has 6 nitrogen and oxygen atoms in total. The Labute approximate surface area is 164 Å². The van der Waals surface area contributed by atoms with Crippen LogP contribution in [0.4, 0.5) is 17.6 Å². The molecule has 0 radical (unpaired) electrons. The molecule has 0 saturated heterocycles. The van der Waals surface area contributed by atoms with Crippen LogP contribution < -0.4 is 10.3 Å². The van der Waals surface area contributed by atoms with E-state index < -0.39 is 23.4 Å². The maximum atomic E-state index is 14.6. The minimum absolute atomic E-state index is 0.0482. The molecule has 0 spiro atoms. The molecule has 1 aromatic carbocycles. The molecule has 158 valence electrons. The molecule has 0 bridgehead atoms. The van der Waals surface area contributed by atoms with Gasteiger partial charge in [-0.2, -0.15) is 18.1 Å². The van der Waals surface area contributed by atoms with Crippen LogP contribution >= 0.6 is 0 Å². The molecular formula is C19H20F4N2O4. The van der Waals surface area contributed by atoms with Crippen molar-refractivity contribution in [2.45, 2.75) is 32.9 Å². The van der Waals surface area contributed by atoms with Crippen molar-refractivity contribution < 1.29 is 32.1 Å². The van der Waals surface area contributed by atoms with Crippen LogP contribution in [0, 0.1) is 12.7 Å². The Morgan fingerprint density at radius 1 is 1.28 bits per heavy atom. The first-order valence-corrected chi connectivity index (χ1v) is 8.66. The zero-order valence-corrected chi connectivity index (χ0v) is 16.1. The quantitative estimate of drug-likeness (QED) is 0.208. The van der Waals surface area contributed by atoms with E-state index in [4.69, 9.17) is 14.5 Å². The molecule has 0 saturated carbocycles. The van der Waals surface area contributed by atoms with Crippen molar-refractivity contribution in [3.8, 4) is 16.9 Å². The largest absolute Gasteiger partial charge is 0.449 e. The zero-order valence-electron chi connectivity index (χ0n) is 16.1. The van der Waals surface area contributed by atoms with Crippen LogP contribution in [0.25, 0.3) is 11.1 Å². The highest BCUT2D eigenvalue weighted by molar-refractivity contribution is 5.65. The van der Waals surface area contributed by atoms with Crippen molar-refractivity contribution in [3.63, 3.8) is 0 Å². The van der Waals surface area contributed by atoms with Crippen LogP contribution in [0.15, 0.2) is 35.6 Å². The zero-order chi connectivity index (χ0) is 21.8. The predicted octanol–water partition coefficient (Wildman–Crippen LogP) is 4.51. The van der Waals surface area contributed by atoms with Crippen molar-refractivity contribution in [2.75, 3.05) is 6.61 Å². The molecule has 0 fully saturated rings. The predicted molar refractivity (Wildman–Crippen MR) is 96.3 cm³/mol. The maximum Gasteiger partial charge on any atom is 0.449 e. The number of hydrogen-bond donors (Lipinski definition) is 0. The van der Waals surface area contributed by atoms with Gasteiger partial charge < -0.3 is 4.74 Å². The summed E-state index contributed by atoms with van der Waals surface area (Å²) < 4.78 is 58.8. The van der Waals surface area contributed by atoms with E-state index in [1.165, 1.54) is 6.07 Å². The lowest BCUT2D eigenvalue weighted by molar-refractivity contribution is -0.282. The van der Waals surface area contributed by atoms with Gasteiger partial charge in [-0.1, -0.05) is 13.3 Å². The summed E-state index contributed by atoms with van der Waals surface area (Å²) in [5.74, 6) is -2.43. The van der Waals surface area contributed by atoms with Crippen LogP contribution in [0.2, 0.25) is 0 Å². The van der Waals surface area contributed by atoms with Crippen molar-refractivity contribution in [3.05, 3.63) is 58.4 Å². The van der Waals surface area contributed by atoms with E-state index in [-0.39, 0.29) is 22.8 Å². The summed E-state index contributed by atoms with van der Waals surface area (Å²) in [5, 5.41) is 0. The fraction of sp³-hybridized carbons (Fsp3) is 0.368. The Kier molecular flexibility index (Phi) is 7.02. The van der Waals surface area contributed by atoms with E-state index >= 15 is 0 Å². The molecule has 2 aromatic rings. The number of aromatic nitrogens is 2. The van der Waals surface area contributed by atoms with Crippen LogP contribution in [0.3, 0.4) is 0 Å². The van der Waals surface area contributed by atoms with Crippen molar-refractivity contribution in [1.29, 1.82) is 0 Å². The molecule has 10 heteroatoms. The van der Waals surface area contributed by atoms with E-state index in [0.29, 0.717) is 22.9 Å². The average molecular weight is 416 g/mol. The van der Waals surface area contributed by atoms with Gasteiger partial charge in [-0.05, 0) is 31.6 Å². The highest BCUT2D eigenvalue weighted by Gasteiger charge is 2.36. The minimum atomic E-state index is -4.81. The molecule has 0 aliphatic carbocycles. The SMILES string of the molecule is C=C(OOCCCC)Oc1cc(F)c(-c2cnc(C(F)(F)F)n(C)c2=O)cc1C. The van der Waals surface area contributed by atoms with Gasteiger partial charge in [0, 0.05) is 24.9 Å². The molecule has 29 heavy (non-hydrogen) atoms. The number of benzene rings is 1. The van der Waals surface area contributed by atoms with Gasteiger partial charge in [0.25, 0.3) is 5.56 Å². The second-order valence-electron chi connectivity index (χ2n) is 6.19. The van der Waals surface area contributed by atoms with E-state index in [0.717, 1.165) is 26.0 Å². The summed E-state index contributed by atoms with van der Waals surface area (Å²) in [4.78, 5) is 25.3. The van der Waals surface area contributed by atoms with E-state index in [1.807, 2.05) is 6.92 Å². The number of ether oxygens (including phenoxy) is 1. The van der Waals surface area contributed by atoms with Gasteiger partial charge in [0.1, 0.15) is 11.6 Å². The lowest BCUT2D eigenvalue weighted by atomic mass is 10.0. The Balaban J connectivity index is 2.29. The first-order chi connectivity index (χ1) is 13.6. The van der Waals surface area contributed by atoms with Gasteiger partial charge in [-0.25, -0.2) is 9.37 Å². The number of rotatable bonds is 8. The normalized spacial score (nSPS) is 11.4. The van der Waals surface area contributed by atoms with Crippen LogP contribution in [0.1, 0.15) is 31.2 Å². The highest BCUT2D eigenvalue weighted by atomic mass is 19.4. The van der Waals surface area contributed by atoms with Crippen molar-refractivity contribution >= 4 is 0 Å². The molecule has 0 aliphatic rings. The number of alkyl halides is 3. The summed E-state index contributed by atoms with van der Waals surface area (Å²) in [5.41, 5.74) is -1.16. The lowest BCUT2D eigenvalue weighted by Gasteiger charge is -2.14. The number of halogens is 4. The van der Waals surface area contributed by atoms with Crippen molar-refractivity contribution in [1.82, 2.24) is 9.55 Å². The van der Waals surface area contributed by atoms with Gasteiger partial charge in [0.05, 0.1) is 12.2 Å². The Bertz CT molecular complexity index is 954. The number of hydrogen-bond acceptors (Lipinski definition) is 5. The molecule has 0 N–H and O–H groups in total. The summed E-state index contributed by atoms with van der Waals surface area (Å²) in [6.45, 7) is 7.36. The second-order valence-corrected chi connectivity index (χ2v) is 6.19. The Morgan fingerprint density at radius 3 is 2.59 bits per heavy atom. The Morgan fingerprint density at radius 2 is 1.97 bits per heavy atom. The summed E-state index contributed by atoms with van der Waals surface area (Å²) >= 11 is 0. The summed E-state index contributed by atoms with van der Waals surface area (Å²) in [7, 11) is 0.920. The van der Waals surface area contributed by atoms with Crippen LogP contribution in [0.5, 0.6) is 5.75 Å². The molecule has 1 aromatic heterocycles. The van der Waals surface area contributed by atoms with Gasteiger partial charge in [0.2, 0.25) is 5.82 Å². The topological polar surface area (TPSA) is 62.6 Å². The van der Waals surface area contributed by atoms with Gasteiger partial charge in [-0.3, -0.25) is 14.2 Å². The number of unbranched alkanes of at least 4 members (excludes halogenated alkanes) is 1. The third kappa shape index (κ3) is 5.35. The maximum absolute atomic E-state index is 14.6. The van der Waals surface area contributed by atoms with Gasteiger partial charge >= 0.3 is 12.1 Å². The standard InChI is InChI=1S/C19H20F4N2O4/c1-5-6-7-27-29-12(3)28-16-9-15(20)13(8-11(16)2)14-10-24-18(19(21,22)23)25(4)17(14)26/h8-10H,3,5-7H2,1-2,4H3. The first kappa shape index (κ1) is 22.4. The Hall–Kier alpha value is -2.88. The molecule has 0 atom stereocenters. The van der Waals surface area contributed by atoms with Gasteiger partial charge in [0.15, 0.2) is 0 Å². The monoisotopic (exact) mass is 416 g/mol. The van der Waals surface area contributed by atoms with Crippen LogP contribution in [-0.4, -0.2) is 16.2 Å². The van der Waals surface area contributed by atoms with E-state index in [9.17, 15) is 22.4 Å². The average Bonchev–Trinajstić information content (AvgIpc) is 2.63. The number of aryl methyl sites for hydroxylation is 1. The second kappa shape index (κ2) is 9.08. The van der Waals surface area contributed by atoms with Gasteiger partial charge in [-0.15, -0.1) is 0 Å². The molecule has 0 unspecified atom stereocenters. The van der Waals surface area contributed by atoms with Crippen molar-refractivity contribution in [2.24, 2.45) is 7.05 Å². The fourth-order valence-electron chi connectivity index (χ4n) is 2.42. The molecule has 0 amide bonds. The molecule has 0 aliphatic heterocycles. The smallest absolute Gasteiger partial charge is 0.424 e. The lowest BCUT2D eigenvalue weighted by Crippen LogP contribution is -2.28. The third-order valence-corrected chi connectivity index (χ3v) is 3.93. The fourth-order valence-corrected chi connectivity index (χ4v) is 2.42. The van der Waals surface area contributed by atoms with Crippen LogP contribution in [-0.2, 0) is 23.0 Å². The minimum Gasteiger partial charge on any atom is -0.424 e. The summed E-state index contributed by atoms with van der Waals surface area (Å²) in [6.07, 6.45) is -2.43. The number of nitrogens with zero attached hydrogens (tertiary/aromatic N) is 2. The third-order valence-electron chi connectivity index (χ3n) is 3.93. The first-order valence-electron chi connectivity index (χ1n) is 8.66. The molecule has 1 heterocycles. The van der Waals surface area contributed by atoms with E-state index in [1.54, 1.807) is 6.92 Å².